The molecule has 1 atom stereocenters. The number of primary amides is 1. The predicted molar refractivity (Wildman–Crippen MR) is 109 cm³/mol. The lowest BCUT2D eigenvalue weighted by molar-refractivity contribution is 0.210. The summed E-state index contributed by atoms with van der Waals surface area (Å²) >= 11 is 0. The summed E-state index contributed by atoms with van der Waals surface area (Å²) in [5.41, 5.74) is 6.12. The molecule has 0 fully saturated rings. The maximum atomic E-state index is 10.9. The lowest BCUT2D eigenvalue weighted by atomic mass is 9.92. The molecule has 1 rings (SSSR count). The zero-order valence-corrected chi connectivity index (χ0v) is 17.9. The molecule has 1 aromatic rings. The van der Waals surface area contributed by atoms with Gasteiger partial charge in [-0.15, -0.1) is 6.58 Å². The number of hydrogen-bond donors (Lipinski definition) is 1. The van der Waals surface area contributed by atoms with Gasteiger partial charge >= 0.3 is 6.09 Å². The molecule has 5 nitrogen and oxygen atoms in total. The fraction of sp³-hybridized carbons (Fsp3) is 0.550. The molecule has 26 heavy (non-hydrogen) atoms. The van der Waals surface area contributed by atoms with Crippen LogP contribution in [0.5, 0.6) is 11.5 Å². The third-order valence-corrected chi connectivity index (χ3v) is 9.59. The molecule has 0 saturated heterocycles. The number of carbonyl (C=O) groups is 1. The van der Waals surface area contributed by atoms with Crippen LogP contribution >= 0.6 is 0 Å². The zero-order valence-electron chi connectivity index (χ0n) is 16.9. The molecular weight excluding hydrogens is 346 g/mol. The van der Waals surface area contributed by atoms with Crippen LogP contribution in [0.4, 0.5) is 4.79 Å². The molecule has 146 valence electrons. The first-order chi connectivity index (χ1) is 12.0. The van der Waals surface area contributed by atoms with E-state index >= 15 is 0 Å². The second-order valence-electron chi connectivity index (χ2n) is 7.94. The minimum atomic E-state index is -1.77. The Kier molecular flexibility index (Phi) is 7.90. The van der Waals surface area contributed by atoms with E-state index in [0.717, 1.165) is 18.4 Å². The Morgan fingerprint density at radius 3 is 2.50 bits per heavy atom. The summed E-state index contributed by atoms with van der Waals surface area (Å²) in [7, 11) is -0.172. The van der Waals surface area contributed by atoms with E-state index < -0.39 is 14.4 Å². The van der Waals surface area contributed by atoms with Crippen LogP contribution < -0.4 is 15.2 Å². The van der Waals surface area contributed by atoms with Crippen molar-refractivity contribution >= 4 is 14.4 Å². The number of amides is 1. The third kappa shape index (κ3) is 6.18. The Morgan fingerprint density at radius 2 is 2.00 bits per heavy atom. The van der Waals surface area contributed by atoms with Crippen molar-refractivity contribution in [2.45, 2.75) is 57.7 Å². The molecule has 0 aromatic heterocycles. The van der Waals surface area contributed by atoms with E-state index in [1.165, 1.54) is 0 Å². The van der Waals surface area contributed by atoms with Gasteiger partial charge in [0.15, 0.2) is 8.32 Å². The second-order valence-corrected chi connectivity index (χ2v) is 12.8. The lowest BCUT2D eigenvalue weighted by Crippen LogP contribution is -2.41. The number of allylic oxidation sites excluding steroid dienone is 1. The van der Waals surface area contributed by atoms with E-state index in [1.54, 1.807) is 19.2 Å². The SMILES string of the molecule is C=CCC(CCO[Si](C)(C)C(C)(C)C)c1ccc(OC(N)=O)cc1OC. The summed E-state index contributed by atoms with van der Waals surface area (Å²) in [6.45, 7) is 15.8. The van der Waals surface area contributed by atoms with E-state index in [-0.39, 0.29) is 11.0 Å². The topological polar surface area (TPSA) is 70.8 Å². The number of benzene rings is 1. The first kappa shape index (κ1) is 22.2. The van der Waals surface area contributed by atoms with Gasteiger partial charge in [-0.1, -0.05) is 32.9 Å². The highest BCUT2D eigenvalue weighted by molar-refractivity contribution is 6.74. The normalized spacial score (nSPS) is 13.2. The molecular formula is C20H33NO4Si. The average Bonchev–Trinajstić information content (AvgIpc) is 2.52. The van der Waals surface area contributed by atoms with E-state index in [2.05, 4.69) is 40.4 Å². The van der Waals surface area contributed by atoms with Crippen LogP contribution in [0.15, 0.2) is 30.9 Å². The standard InChI is InChI=1S/C20H33NO4Si/c1-8-9-15(12-13-24-26(6,7)20(2,3)4)17-11-10-16(25-19(21)22)14-18(17)23-5/h8,10-11,14-15H,1,9,12-13H2,2-7H3,(H2,21,22). The molecule has 0 saturated carbocycles. The van der Waals surface area contributed by atoms with E-state index in [4.69, 9.17) is 19.6 Å². The predicted octanol–water partition coefficient (Wildman–Crippen LogP) is 5.22. The average molecular weight is 380 g/mol. The van der Waals surface area contributed by atoms with Gasteiger partial charge < -0.3 is 19.6 Å². The van der Waals surface area contributed by atoms with Gasteiger partial charge in [-0.2, -0.15) is 0 Å². The minimum Gasteiger partial charge on any atom is -0.496 e. The van der Waals surface area contributed by atoms with Crippen molar-refractivity contribution in [3.63, 3.8) is 0 Å². The zero-order chi connectivity index (χ0) is 20.0. The fourth-order valence-corrected chi connectivity index (χ4v) is 3.54. The first-order valence-electron chi connectivity index (χ1n) is 8.92. The van der Waals surface area contributed by atoms with Gasteiger partial charge in [0, 0.05) is 12.7 Å². The lowest BCUT2D eigenvalue weighted by Gasteiger charge is -2.36. The van der Waals surface area contributed by atoms with Crippen LogP contribution in [-0.4, -0.2) is 28.1 Å². The van der Waals surface area contributed by atoms with Crippen molar-refractivity contribution in [1.82, 2.24) is 0 Å². The van der Waals surface area contributed by atoms with Gasteiger partial charge in [-0.05, 0) is 48.5 Å². The minimum absolute atomic E-state index is 0.187. The van der Waals surface area contributed by atoms with E-state index in [1.807, 2.05) is 12.1 Å². The summed E-state index contributed by atoms with van der Waals surface area (Å²) in [6, 6.07) is 5.33. The summed E-state index contributed by atoms with van der Waals surface area (Å²) in [5.74, 6) is 1.26. The van der Waals surface area contributed by atoms with Gasteiger partial charge in [0.05, 0.1) is 7.11 Å². The van der Waals surface area contributed by atoms with Gasteiger partial charge in [-0.25, -0.2) is 4.79 Å². The number of nitrogens with two attached hydrogens (primary N) is 1. The van der Waals surface area contributed by atoms with Crippen molar-refractivity contribution in [2.75, 3.05) is 13.7 Å². The van der Waals surface area contributed by atoms with Crippen LogP contribution in [0.1, 0.15) is 45.1 Å². The molecule has 0 bridgehead atoms. The largest absolute Gasteiger partial charge is 0.496 e. The number of carbonyl (C=O) groups excluding carboxylic acids is 1. The molecule has 1 aromatic carbocycles. The summed E-state index contributed by atoms with van der Waals surface area (Å²) in [4.78, 5) is 10.9. The van der Waals surface area contributed by atoms with Gasteiger partial charge in [0.2, 0.25) is 0 Å². The third-order valence-electron chi connectivity index (χ3n) is 5.05. The Labute approximate surface area is 158 Å². The Bertz CT molecular complexity index is 623. The molecule has 6 heteroatoms. The smallest absolute Gasteiger partial charge is 0.409 e. The van der Waals surface area contributed by atoms with E-state index in [9.17, 15) is 4.79 Å². The highest BCUT2D eigenvalue weighted by Crippen LogP contribution is 2.38. The molecule has 0 radical (unpaired) electrons. The molecule has 1 unspecified atom stereocenters. The number of methoxy groups -OCH3 is 1. The molecule has 1 amide bonds. The molecule has 0 aliphatic rings. The summed E-state index contributed by atoms with van der Waals surface area (Å²) in [5, 5.41) is 0.187. The number of ether oxygens (including phenoxy) is 2. The fourth-order valence-electron chi connectivity index (χ4n) is 2.48. The number of hydrogen-bond acceptors (Lipinski definition) is 4. The molecule has 0 aliphatic carbocycles. The molecule has 0 spiro atoms. The maximum Gasteiger partial charge on any atom is 0.409 e. The van der Waals surface area contributed by atoms with Crippen LogP contribution in [0, 0.1) is 0 Å². The highest BCUT2D eigenvalue weighted by atomic mass is 28.4. The van der Waals surface area contributed by atoms with Crippen molar-refractivity contribution in [2.24, 2.45) is 5.73 Å². The summed E-state index contributed by atoms with van der Waals surface area (Å²) in [6.07, 6.45) is 2.74. The van der Waals surface area contributed by atoms with Crippen LogP contribution in [0.3, 0.4) is 0 Å². The highest BCUT2D eigenvalue weighted by Gasteiger charge is 2.37. The monoisotopic (exact) mass is 379 g/mol. The Balaban J connectivity index is 2.92. The van der Waals surface area contributed by atoms with Crippen molar-refractivity contribution in [1.29, 1.82) is 0 Å². The maximum absolute atomic E-state index is 10.9. The second kappa shape index (κ2) is 9.23. The van der Waals surface area contributed by atoms with E-state index in [0.29, 0.717) is 18.1 Å². The quantitative estimate of drug-likeness (QED) is 0.471. The van der Waals surface area contributed by atoms with Crippen LogP contribution in [0.2, 0.25) is 18.1 Å². The van der Waals surface area contributed by atoms with Crippen molar-refractivity contribution in [3.05, 3.63) is 36.4 Å². The molecule has 0 aliphatic heterocycles. The summed E-state index contributed by atoms with van der Waals surface area (Å²) < 4.78 is 16.8. The number of rotatable bonds is 9. The Morgan fingerprint density at radius 1 is 1.35 bits per heavy atom. The van der Waals surface area contributed by atoms with Gasteiger partial charge in [0.1, 0.15) is 11.5 Å². The first-order valence-corrected chi connectivity index (χ1v) is 11.8. The van der Waals surface area contributed by atoms with Crippen molar-refractivity contribution in [3.8, 4) is 11.5 Å². The molecule has 2 N–H and O–H groups in total. The van der Waals surface area contributed by atoms with Gasteiger partial charge in [0.25, 0.3) is 0 Å². The van der Waals surface area contributed by atoms with Crippen LogP contribution in [-0.2, 0) is 4.43 Å². The molecule has 0 heterocycles. The van der Waals surface area contributed by atoms with Gasteiger partial charge in [-0.3, -0.25) is 0 Å². The van der Waals surface area contributed by atoms with Crippen molar-refractivity contribution < 1.29 is 18.7 Å². The Hall–Kier alpha value is -1.79. The van der Waals surface area contributed by atoms with Crippen LogP contribution in [0.25, 0.3) is 0 Å².